The van der Waals surface area contributed by atoms with E-state index in [0.717, 1.165) is 10.6 Å². The van der Waals surface area contributed by atoms with Crippen LogP contribution in [0.15, 0.2) is 41.8 Å². The van der Waals surface area contributed by atoms with Gasteiger partial charge >= 0.3 is 11.8 Å². The van der Waals surface area contributed by atoms with E-state index in [2.05, 4.69) is 10.6 Å². The third-order valence-corrected chi connectivity index (χ3v) is 3.51. The number of amides is 2. The van der Waals surface area contributed by atoms with Crippen molar-refractivity contribution in [2.24, 2.45) is 0 Å². The molecular weight excluding hydrogens is 288 g/mol. The Bertz CT molecular complexity index is 594. The molecule has 1 aromatic heterocycles. The second-order valence-electron chi connectivity index (χ2n) is 4.17. The number of benzene rings is 1. The van der Waals surface area contributed by atoms with E-state index in [1.165, 1.54) is 11.3 Å². The third kappa shape index (κ3) is 4.61. The van der Waals surface area contributed by atoms with Gasteiger partial charge in [0.2, 0.25) is 0 Å². The van der Waals surface area contributed by atoms with Crippen LogP contribution >= 0.6 is 11.3 Å². The van der Waals surface area contributed by atoms with Gasteiger partial charge in [-0.25, -0.2) is 0 Å². The van der Waals surface area contributed by atoms with Gasteiger partial charge in [-0.1, -0.05) is 6.07 Å². The van der Waals surface area contributed by atoms with Crippen molar-refractivity contribution in [1.82, 2.24) is 5.32 Å². The van der Waals surface area contributed by atoms with Crippen LogP contribution in [0, 0.1) is 0 Å². The summed E-state index contributed by atoms with van der Waals surface area (Å²) in [5, 5.41) is 7.03. The summed E-state index contributed by atoms with van der Waals surface area (Å²) < 4.78 is 5.30. The van der Waals surface area contributed by atoms with Crippen LogP contribution < -0.4 is 15.4 Å². The van der Waals surface area contributed by atoms with Crippen LogP contribution in [0.3, 0.4) is 0 Å². The Hall–Kier alpha value is -2.34. The SMILES string of the molecule is CCOc1ccc(NC(=O)C(=O)NCc2cccs2)cc1. The molecule has 2 amide bonds. The summed E-state index contributed by atoms with van der Waals surface area (Å²) in [5.74, 6) is -0.620. The Morgan fingerprint density at radius 1 is 1.14 bits per heavy atom. The van der Waals surface area contributed by atoms with E-state index in [1.807, 2.05) is 24.4 Å². The number of hydrogen-bond donors (Lipinski definition) is 2. The Kier molecular flexibility index (Phi) is 5.34. The lowest BCUT2D eigenvalue weighted by Gasteiger charge is -2.07. The van der Waals surface area contributed by atoms with E-state index in [-0.39, 0.29) is 0 Å². The summed E-state index contributed by atoms with van der Waals surface area (Å²) in [4.78, 5) is 24.4. The maximum absolute atomic E-state index is 11.7. The zero-order valence-corrected chi connectivity index (χ0v) is 12.4. The van der Waals surface area contributed by atoms with Gasteiger partial charge in [0, 0.05) is 10.6 Å². The van der Waals surface area contributed by atoms with Crippen LogP contribution in [-0.2, 0) is 16.1 Å². The quantitative estimate of drug-likeness (QED) is 0.834. The fourth-order valence-corrected chi connectivity index (χ4v) is 2.29. The summed E-state index contributed by atoms with van der Waals surface area (Å²) >= 11 is 1.53. The number of thiophene rings is 1. The van der Waals surface area contributed by atoms with Gasteiger partial charge in [0.25, 0.3) is 0 Å². The zero-order valence-electron chi connectivity index (χ0n) is 11.6. The molecule has 0 saturated carbocycles. The molecule has 0 atom stereocenters. The second kappa shape index (κ2) is 7.44. The average molecular weight is 304 g/mol. The number of carbonyl (C=O) groups is 2. The van der Waals surface area contributed by atoms with Crippen molar-refractivity contribution < 1.29 is 14.3 Å². The molecule has 0 radical (unpaired) electrons. The van der Waals surface area contributed by atoms with Crippen LogP contribution in [-0.4, -0.2) is 18.4 Å². The molecule has 0 aliphatic rings. The van der Waals surface area contributed by atoms with Crippen LogP contribution in [0.4, 0.5) is 5.69 Å². The highest BCUT2D eigenvalue weighted by Gasteiger charge is 2.13. The second-order valence-corrected chi connectivity index (χ2v) is 5.21. The average Bonchev–Trinajstić information content (AvgIpc) is 3.00. The molecule has 1 heterocycles. The van der Waals surface area contributed by atoms with Crippen molar-refractivity contribution in [3.8, 4) is 5.75 Å². The predicted octanol–water partition coefficient (Wildman–Crippen LogP) is 2.40. The standard InChI is InChI=1S/C15H16N2O3S/c1-2-20-12-7-5-11(6-8-12)17-15(19)14(18)16-10-13-4-3-9-21-13/h3-9H,2,10H2,1H3,(H,16,18)(H,17,19). The Morgan fingerprint density at radius 3 is 2.52 bits per heavy atom. The van der Waals surface area contributed by atoms with Gasteiger partial charge < -0.3 is 15.4 Å². The van der Waals surface area contributed by atoms with Crippen LogP contribution in [0.25, 0.3) is 0 Å². The van der Waals surface area contributed by atoms with E-state index in [9.17, 15) is 9.59 Å². The highest BCUT2D eigenvalue weighted by Crippen LogP contribution is 2.15. The Labute approximate surface area is 126 Å². The van der Waals surface area contributed by atoms with Crippen molar-refractivity contribution in [3.63, 3.8) is 0 Å². The topological polar surface area (TPSA) is 67.4 Å². The van der Waals surface area contributed by atoms with E-state index < -0.39 is 11.8 Å². The number of ether oxygens (including phenoxy) is 1. The predicted molar refractivity (Wildman–Crippen MR) is 82.4 cm³/mol. The van der Waals surface area contributed by atoms with Crippen molar-refractivity contribution in [2.75, 3.05) is 11.9 Å². The number of hydrogen-bond acceptors (Lipinski definition) is 4. The molecule has 0 bridgehead atoms. The molecule has 0 aliphatic carbocycles. The largest absolute Gasteiger partial charge is 0.494 e. The summed E-state index contributed by atoms with van der Waals surface area (Å²) in [6.07, 6.45) is 0. The van der Waals surface area contributed by atoms with Crippen LogP contribution in [0.2, 0.25) is 0 Å². The fraction of sp³-hybridized carbons (Fsp3) is 0.200. The van der Waals surface area contributed by atoms with Gasteiger partial charge in [0.1, 0.15) is 5.75 Å². The summed E-state index contributed by atoms with van der Waals surface area (Å²) in [6.45, 7) is 2.83. The molecule has 0 fully saturated rings. The van der Waals surface area contributed by atoms with Crippen molar-refractivity contribution >= 4 is 28.8 Å². The first-order chi connectivity index (χ1) is 10.2. The van der Waals surface area contributed by atoms with Gasteiger partial charge in [-0.2, -0.15) is 0 Å². The van der Waals surface area contributed by atoms with Gasteiger partial charge in [0.15, 0.2) is 0 Å². The fourth-order valence-electron chi connectivity index (χ4n) is 1.65. The number of carbonyl (C=O) groups excluding carboxylic acids is 2. The molecule has 0 spiro atoms. The first-order valence-corrected chi connectivity index (χ1v) is 7.41. The van der Waals surface area contributed by atoms with Gasteiger partial charge in [-0.15, -0.1) is 11.3 Å². The highest BCUT2D eigenvalue weighted by atomic mass is 32.1. The Morgan fingerprint density at radius 2 is 1.90 bits per heavy atom. The van der Waals surface area contributed by atoms with Crippen molar-refractivity contribution in [2.45, 2.75) is 13.5 Å². The minimum Gasteiger partial charge on any atom is -0.494 e. The maximum atomic E-state index is 11.7. The first kappa shape index (κ1) is 15.1. The van der Waals surface area contributed by atoms with E-state index in [0.29, 0.717) is 18.8 Å². The first-order valence-electron chi connectivity index (χ1n) is 6.53. The lowest BCUT2D eigenvalue weighted by Crippen LogP contribution is -2.34. The van der Waals surface area contributed by atoms with Gasteiger partial charge in [-0.3, -0.25) is 9.59 Å². The molecule has 0 saturated heterocycles. The normalized spacial score (nSPS) is 9.95. The minimum absolute atomic E-state index is 0.354. The van der Waals surface area contributed by atoms with Gasteiger partial charge in [0.05, 0.1) is 13.2 Å². The summed E-state index contributed by atoms with van der Waals surface area (Å²) in [7, 11) is 0. The lowest BCUT2D eigenvalue weighted by molar-refractivity contribution is -0.136. The van der Waals surface area contributed by atoms with Crippen molar-refractivity contribution in [3.05, 3.63) is 46.7 Å². The lowest BCUT2D eigenvalue weighted by atomic mass is 10.3. The highest BCUT2D eigenvalue weighted by molar-refractivity contribution is 7.09. The van der Waals surface area contributed by atoms with E-state index in [4.69, 9.17) is 4.74 Å². The van der Waals surface area contributed by atoms with Gasteiger partial charge in [-0.05, 0) is 42.6 Å². The summed E-state index contributed by atoms with van der Waals surface area (Å²) in [6, 6.07) is 10.7. The molecule has 2 N–H and O–H groups in total. The molecule has 110 valence electrons. The number of anilines is 1. The van der Waals surface area contributed by atoms with E-state index >= 15 is 0 Å². The number of rotatable bonds is 5. The molecule has 1 aromatic carbocycles. The summed E-state index contributed by atoms with van der Waals surface area (Å²) in [5.41, 5.74) is 0.551. The zero-order chi connectivity index (χ0) is 15.1. The third-order valence-electron chi connectivity index (χ3n) is 2.63. The van der Waals surface area contributed by atoms with E-state index in [1.54, 1.807) is 24.3 Å². The molecule has 5 nitrogen and oxygen atoms in total. The molecule has 2 aromatic rings. The molecule has 0 unspecified atom stereocenters. The Balaban J connectivity index is 1.83. The monoisotopic (exact) mass is 304 g/mol. The number of nitrogens with one attached hydrogen (secondary N) is 2. The molecule has 6 heteroatoms. The van der Waals surface area contributed by atoms with Crippen molar-refractivity contribution in [1.29, 1.82) is 0 Å². The minimum atomic E-state index is -0.685. The molecule has 0 aliphatic heterocycles. The smallest absolute Gasteiger partial charge is 0.313 e. The molecular formula is C15H16N2O3S. The van der Waals surface area contributed by atoms with Crippen LogP contribution in [0.1, 0.15) is 11.8 Å². The molecule has 2 rings (SSSR count). The molecule has 21 heavy (non-hydrogen) atoms. The van der Waals surface area contributed by atoms with Crippen LogP contribution in [0.5, 0.6) is 5.75 Å². The maximum Gasteiger partial charge on any atom is 0.313 e.